The van der Waals surface area contributed by atoms with Crippen LogP contribution in [-0.4, -0.2) is 20.9 Å². The van der Waals surface area contributed by atoms with Gasteiger partial charge in [0.1, 0.15) is 6.04 Å². The first-order valence-electron chi connectivity index (χ1n) is 3.32. The summed E-state index contributed by atoms with van der Waals surface area (Å²) in [6.07, 6.45) is 2.55. The number of carboxylic acid groups (broad SMARTS) is 1. The molecule has 5 nitrogen and oxygen atoms in total. The summed E-state index contributed by atoms with van der Waals surface area (Å²) < 4.78 is 1.31. The van der Waals surface area contributed by atoms with Gasteiger partial charge in [0, 0.05) is 6.20 Å². The average Bonchev–Trinajstić information content (AvgIpc) is 2.51. The highest BCUT2D eigenvalue weighted by molar-refractivity contribution is 5.86. The van der Waals surface area contributed by atoms with E-state index < -0.39 is 12.0 Å². The van der Waals surface area contributed by atoms with E-state index in [2.05, 4.69) is 5.10 Å². The Morgan fingerprint density at radius 2 is 2.58 bits per heavy atom. The zero-order chi connectivity index (χ0) is 9.14. The zero-order valence-electron chi connectivity index (χ0n) is 6.43. The minimum Gasteiger partial charge on any atom is -0.478 e. The van der Waals surface area contributed by atoms with Crippen LogP contribution in [0.3, 0.4) is 0 Å². The fourth-order valence-corrected chi connectivity index (χ4v) is 0.719. The summed E-state index contributed by atoms with van der Waals surface area (Å²) in [5.74, 6) is -1.04. The molecular formula is C7H7N3O2. The van der Waals surface area contributed by atoms with Gasteiger partial charge < -0.3 is 5.11 Å². The van der Waals surface area contributed by atoms with Gasteiger partial charge in [-0.2, -0.15) is 10.4 Å². The molecule has 1 atom stereocenters. The molecule has 0 aliphatic rings. The van der Waals surface area contributed by atoms with E-state index in [9.17, 15) is 4.79 Å². The molecular weight excluding hydrogens is 158 g/mol. The summed E-state index contributed by atoms with van der Waals surface area (Å²) in [6, 6.07) is 1.51. The Morgan fingerprint density at radius 1 is 1.92 bits per heavy atom. The van der Waals surface area contributed by atoms with E-state index in [1.165, 1.54) is 17.1 Å². The lowest BCUT2D eigenvalue weighted by molar-refractivity contribution is 0.0697. The van der Waals surface area contributed by atoms with E-state index in [1.54, 1.807) is 6.92 Å². The van der Waals surface area contributed by atoms with Crippen molar-refractivity contribution in [2.45, 2.75) is 13.0 Å². The third kappa shape index (κ3) is 1.42. The van der Waals surface area contributed by atoms with Gasteiger partial charge in [0.05, 0.1) is 17.8 Å². The molecule has 0 aliphatic carbocycles. The maximum Gasteiger partial charge on any atom is 0.338 e. The van der Waals surface area contributed by atoms with Gasteiger partial charge in [0.25, 0.3) is 0 Å². The minimum absolute atomic E-state index is 0.0945. The van der Waals surface area contributed by atoms with Crippen molar-refractivity contribution in [3.63, 3.8) is 0 Å². The number of rotatable bonds is 2. The fourth-order valence-electron chi connectivity index (χ4n) is 0.719. The van der Waals surface area contributed by atoms with Crippen molar-refractivity contribution < 1.29 is 9.90 Å². The Balaban J connectivity index is 2.93. The second-order valence-electron chi connectivity index (χ2n) is 2.32. The highest BCUT2D eigenvalue weighted by Gasteiger charge is 2.08. The van der Waals surface area contributed by atoms with Crippen LogP contribution in [0.4, 0.5) is 0 Å². The predicted molar refractivity (Wildman–Crippen MR) is 39.5 cm³/mol. The van der Waals surface area contributed by atoms with Crippen molar-refractivity contribution in [2.75, 3.05) is 0 Å². The SMILES string of the molecule is CC(C#N)n1cc(C(=O)O)cn1. The summed E-state index contributed by atoms with van der Waals surface area (Å²) in [5, 5.41) is 20.7. The van der Waals surface area contributed by atoms with Crippen LogP contribution in [0.15, 0.2) is 12.4 Å². The van der Waals surface area contributed by atoms with E-state index in [0.717, 1.165) is 0 Å². The number of carbonyl (C=O) groups is 1. The van der Waals surface area contributed by atoms with Crippen LogP contribution in [0.25, 0.3) is 0 Å². The van der Waals surface area contributed by atoms with Crippen LogP contribution in [0, 0.1) is 11.3 Å². The standard InChI is InChI=1S/C7H7N3O2/c1-5(2-8)10-4-6(3-9-10)7(11)12/h3-5H,1H3,(H,11,12). The van der Waals surface area contributed by atoms with Crippen molar-refractivity contribution in [1.29, 1.82) is 5.26 Å². The molecule has 5 heteroatoms. The molecule has 0 aliphatic heterocycles. The number of hydrogen-bond donors (Lipinski definition) is 1. The Hall–Kier alpha value is -1.83. The molecule has 62 valence electrons. The number of nitriles is 1. The van der Waals surface area contributed by atoms with Crippen LogP contribution < -0.4 is 0 Å². The molecule has 1 aromatic rings. The summed E-state index contributed by atoms with van der Waals surface area (Å²) in [4.78, 5) is 10.4. The Bertz CT molecular complexity index is 337. The van der Waals surface area contributed by atoms with Gasteiger partial charge in [-0.25, -0.2) is 4.79 Å². The molecule has 12 heavy (non-hydrogen) atoms. The first-order chi connectivity index (χ1) is 5.65. The summed E-state index contributed by atoms with van der Waals surface area (Å²) >= 11 is 0. The molecule has 0 radical (unpaired) electrons. The van der Waals surface area contributed by atoms with Crippen molar-refractivity contribution in [3.05, 3.63) is 18.0 Å². The molecule has 1 rings (SSSR count). The number of aromatic nitrogens is 2. The van der Waals surface area contributed by atoms with Crippen molar-refractivity contribution in [2.24, 2.45) is 0 Å². The maximum atomic E-state index is 10.4. The van der Waals surface area contributed by atoms with E-state index in [4.69, 9.17) is 10.4 Å². The smallest absolute Gasteiger partial charge is 0.338 e. The fraction of sp³-hybridized carbons (Fsp3) is 0.286. The predicted octanol–water partition coefficient (Wildman–Crippen LogP) is 0.666. The first kappa shape index (κ1) is 8.27. The maximum absolute atomic E-state index is 10.4. The molecule has 0 saturated heterocycles. The van der Waals surface area contributed by atoms with E-state index in [1.807, 2.05) is 6.07 Å². The second kappa shape index (κ2) is 3.05. The van der Waals surface area contributed by atoms with Crippen LogP contribution >= 0.6 is 0 Å². The molecule has 0 spiro atoms. The molecule has 1 aromatic heterocycles. The normalized spacial score (nSPS) is 12.0. The van der Waals surface area contributed by atoms with Gasteiger partial charge in [-0.15, -0.1) is 0 Å². The molecule has 1 unspecified atom stereocenters. The van der Waals surface area contributed by atoms with Crippen molar-refractivity contribution >= 4 is 5.97 Å². The Morgan fingerprint density at radius 3 is 3.00 bits per heavy atom. The van der Waals surface area contributed by atoms with Crippen LogP contribution in [0.5, 0.6) is 0 Å². The van der Waals surface area contributed by atoms with Gasteiger partial charge in [-0.3, -0.25) is 4.68 Å². The Kier molecular flexibility index (Phi) is 2.10. The molecule has 0 bridgehead atoms. The Labute approximate surface area is 68.8 Å². The number of nitrogens with zero attached hydrogens (tertiary/aromatic N) is 3. The van der Waals surface area contributed by atoms with Gasteiger partial charge in [0.2, 0.25) is 0 Å². The van der Waals surface area contributed by atoms with E-state index in [-0.39, 0.29) is 5.56 Å². The third-order valence-electron chi connectivity index (χ3n) is 1.43. The third-order valence-corrected chi connectivity index (χ3v) is 1.43. The molecule has 1 N–H and O–H groups in total. The quantitative estimate of drug-likeness (QED) is 0.698. The molecule has 0 fully saturated rings. The number of aromatic carboxylic acids is 1. The lowest BCUT2D eigenvalue weighted by Gasteiger charge is -1.99. The lowest BCUT2D eigenvalue weighted by atomic mass is 10.3. The lowest BCUT2D eigenvalue weighted by Crippen LogP contribution is -2.02. The number of carboxylic acids is 1. The molecule has 0 amide bonds. The number of hydrogen-bond acceptors (Lipinski definition) is 3. The molecule has 0 saturated carbocycles. The van der Waals surface area contributed by atoms with Gasteiger partial charge in [0.15, 0.2) is 0 Å². The van der Waals surface area contributed by atoms with Gasteiger partial charge >= 0.3 is 5.97 Å². The summed E-state index contributed by atoms with van der Waals surface area (Å²) in [6.45, 7) is 1.64. The average molecular weight is 165 g/mol. The van der Waals surface area contributed by atoms with Crippen LogP contribution in [0.2, 0.25) is 0 Å². The highest BCUT2D eigenvalue weighted by atomic mass is 16.4. The largest absolute Gasteiger partial charge is 0.478 e. The zero-order valence-corrected chi connectivity index (χ0v) is 6.43. The minimum atomic E-state index is -1.04. The van der Waals surface area contributed by atoms with Crippen molar-refractivity contribution in [1.82, 2.24) is 9.78 Å². The molecule has 0 aromatic carbocycles. The van der Waals surface area contributed by atoms with Crippen LogP contribution in [-0.2, 0) is 0 Å². The van der Waals surface area contributed by atoms with Crippen molar-refractivity contribution in [3.8, 4) is 6.07 Å². The summed E-state index contributed by atoms with van der Waals surface area (Å²) in [7, 11) is 0. The van der Waals surface area contributed by atoms with Crippen LogP contribution in [0.1, 0.15) is 23.3 Å². The monoisotopic (exact) mass is 165 g/mol. The van der Waals surface area contributed by atoms with E-state index >= 15 is 0 Å². The summed E-state index contributed by atoms with van der Waals surface area (Å²) in [5.41, 5.74) is 0.0945. The van der Waals surface area contributed by atoms with Gasteiger partial charge in [-0.05, 0) is 6.92 Å². The van der Waals surface area contributed by atoms with Gasteiger partial charge in [-0.1, -0.05) is 0 Å². The first-order valence-corrected chi connectivity index (χ1v) is 3.32. The van der Waals surface area contributed by atoms with E-state index in [0.29, 0.717) is 0 Å². The second-order valence-corrected chi connectivity index (χ2v) is 2.32. The topological polar surface area (TPSA) is 78.9 Å². The highest BCUT2D eigenvalue weighted by Crippen LogP contribution is 2.04. The molecule has 1 heterocycles.